The number of alkyl halides is 2. The Hall–Kier alpha value is -0.630. The number of halogens is 2. The van der Waals surface area contributed by atoms with E-state index in [-0.39, 0.29) is 6.61 Å². The summed E-state index contributed by atoms with van der Waals surface area (Å²) in [6.07, 6.45) is -1.12. The van der Waals surface area contributed by atoms with Crippen LogP contribution in [0.15, 0.2) is 5.38 Å². The maximum atomic E-state index is 11.9. The molecule has 1 saturated heterocycles. The number of nitrogens with two attached hydrogens (primary N) is 1. The molecule has 7 heteroatoms. The second kappa shape index (κ2) is 6.01. The fourth-order valence-electron chi connectivity index (χ4n) is 1.77. The molecule has 1 aliphatic heterocycles. The highest BCUT2D eigenvalue weighted by molar-refractivity contribution is 7.09. The summed E-state index contributed by atoms with van der Waals surface area (Å²) in [4.78, 5) is 4.43. The maximum absolute atomic E-state index is 11.9. The van der Waals surface area contributed by atoms with Crippen LogP contribution in [0.5, 0.6) is 0 Å². The van der Waals surface area contributed by atoms with Crippen LogP contribution in [0.3, 0.4) is 0 Å². The number of rotatable bonds is 6. The number of aromatic nitrogens is 1. The third kappa shape index (κ3) is 3.44. The molecular weight excluding hydrogens is 262 g/mol. The van der Waals surface area contributed by atoms with Crippen LogP contribution < -0.4 is 5.73 Å². The molecule has 1 unspecified atom stereocenters. The molecule has 0 radical (unpaired) electrons. The molecule has 2 N–H and O–H groups in total. The van der Waals surface area contributed by atoms with Crippen LogP contribution in [-0.2, 0) is 21.4 Å². The van der Waals surface area contributed by atoms with Crippen molar-refractivity contribution in [3.05, 3.63) is 16.1 Å². The van der Waals surface area contributed by atoms with E-state index in [0.29, 0.717) is 19.6 Å². The molecule has 0 aromatic carbocycles. The summed E-state index contributed by atoms with van der Waals surface area (Å²) >= 11 is 1.48. The van der Waals surface area contributed by atoms with Gasteiger partial charge in [-0.2, -0.15) is 0 Å². The maximum Gasteiger partial charge on any atom is 0.261 e. The molecule has 1 aliphatic rings. The summed E-state index contributed by atoms with van der Waals surface area (Å²) in [5.41, 5.74) is 6.52. The third-order valence-corrected chi connectivity index (χ3v) is 3.73. The molecule has 0 aliphatic carbocycles. The highest BCUT2D eigenvalue weighted by atomic mass is 32.1. The van der Waals surface area contributed by atoms with E-state index < -0.39 is 18.6 Å². The smallest absolute Gasteiger partial charge is 0.261 e. The first kappa shape index (κ1) is 13.8. The number of nitrogens with zero attached hydrogens (tertiary/aromatic N) is 1. The van der Waals surface area contributed by atoms with Gasteiger partial charge in [-0.1, -0.05) is 0 Å². The molecule has 1 aromatic heterocycles. The Labute approximate surface area is 108 Å². The van der Waals surface area contributed by atoms with Crippen LogP contribution in [0.4, 0.5) is 8.78 Å². The first-order valence-corrected chi connectivity index (χ1v) is 6.65. The van der Waals surface area contributed by atoms with Crippen LogP contribution >= 0.6 is 11.3 Å². The molecule has 0 spiro atoms. The zero-order valence-corrected chi connectivity index (χ0v) is 10.7. The number of hydrogen-bond acceptors (Lipinski definition) is 5. The van der Waals surface area contributed by atoms with Crippen molar-refractivity contribution in [2.24, 2.45) is 5.73 Å². The third-order valence-electron chi connectivity index (χ3n) is 2.82. The minimum Gasteiger partial charge on any atom is -0.379 e. The van der Waals surface area contributed by atoms with Gasteiger partial charge in [0.05, 0.1) is 29.5 Å². The first-order valence-electron chi connectivity index (χ1n) is 5.77. The van der Waals surface area contributed by atoms with E-state index in [4.69, 9.17) is 15.2 Å². The number of thiazole rings is 1. The molecule has 0 amide bonds. The van der Waals surface area contributed by atoms with E-state index in [1.807, 2.05) is 5.38 Å². The van der Waals surface area contributed by atoms with Gasteiger partial charge in [0.15, 0.2) is 0 Å². The normalized spacial score (nSPS) is 24.0. The van der Waals surface area contributed by atoms with Crippen molar-refractivity contribution in [3.8, 4) is 0 Å². The van der Waals surface area contributed by atoms with Gasteiger partial charge in [-0.15, -0.1) is 11.3 Å². The monoisotopic (exact) mass is 278 g/mol. The quantitative estimate of drug-likeness (QED) is 0.802. The number of ether oxygens (including phenoxy) is 2. The lowest BCUT2D eigenvalue weighted by Gasteiger charge is -2.18. The van der Waals surface area contributed by atoms with E-state index in [0.717, 1.165) is 17.1 Å². The van der Waals surface area contributed by atoms with Gasteiger partial charge in [-0.3, -0.25) is 0 Å². The van der Waals surface area contributed by atoms with Crippen molar-refractivity contribution in [2.75, 3.05) is 26.4 Å². The Morgan fingerprint density at radius 2 is 2.44 bits per heavy atom. The molecule has 4 nitrogen and oxygen atoms in total. The molecule has 0 bridgehead atoms. The zero-order valence-electron chi connectivity index (χ0n) is 9.90. The Balaban J connectivity index is 1.83. The largest absolute Gasteiger partial charge is 0.379 e. The highest BCUT2D eigenvalue weighted by Crippen LogP contribution is 2.28. The fraction of sp³-hybridized carbons (Fsp3) is 0.727. The summed E-state index contributed by atoms with van der Waals surface area (Å²) < 4.78 is 33.8. The van der Waals surface area contributed by atoms with Gasteiger partial charge in [0.1, 0.15) is 6.61 Å². The van der Waals surface area contributed by atoms with E-state index >= 15 is 0 Å². The standard InChI is InChI=1S/C11H16F2N2O2S/c12-9(13)5-16-3-1-10-15-8(6-18-10)11(14)2-4-17-7-11/h6,9H,1-5,7,14H2. The van der Waals surface area contributed by atoms with Crippen molar-refractivity contribution in [2.45, 2.75) is 24.8 Å². The van der Waals surface area contributed by atoms with Crippen molar-refractivity contribution < 1.29 is 18.3 Å². The molecular formula is C11H16F2N2O2S. The predicted octanol–water partition coefficient (Wildman–Crippen LogP) is 1.54. The molecule has 102 valence electrons. The number of hydrogen-bond donors (Lipinski definition) is 1. The Morgan fingerprint density at radius 1 is 1.61 bits per heavy atom. The summed E-state index contributed by atoms with van der Waals surface area (Å²) in [7, 11) is 0. The summed E-state index contributed by atoms with van der Waals surface area (Å²) in [6, 6.07) is 0. The van der Waals surface area contributed by atoms with Crippen LogP contribution in [0.1, 0.15) is 17.1 Å². The van der Waals surface area contributed by atoms with E-state index in [1.54, 1.807) is 0 Å². The van der Waals surface area contributed by atoms with Gasteiger partial charge in [0, 0.05) is 18.4 Å². The zero-order chi connectivity index (χ0) is 13.0. The lowest BCUT2D eigenvalue weighted by atomic mass is 9.97. The first-order chi connectivity index (χ1) is 8.60. The fourth-order valence-corrected chi connectivity index (χ4v) is 2.66. The minimum atomic E-state index is -2.42. The minimum absolute atomic E-state index is 0.255. The molecule has 1 atom stereocenters. The van der Waals surface area contributed by atoms with Gasteiger partial charge in [-0.25, -0.2) is 13.8 Å². The SMILES string of the molecule is NC1(c2csc(CCOCC(F)F)n2)CCOC1. The average molecular weight is 278 g/mol. The second-order valence-electron chi connectivity index (χ2n) is 4.30. The second-order valence-corrected chi connectivity index (χ2v) is 5.24. The predicted molar refractivity (Wildman–Crippen MR) is 63.9 cm³/mol. The summed E-state index contributed by atoms with van der Waals surface area (Å²) in [5.74, 6) is 0. The van der Waals surface area contributed by atoms with E-state index in [2.05, 4.69) is 4.98 Å². The van der Waals surface area contributed by atoms with Crippen molar-refractivity contribution in [1.82, 2.24) is 4.98 Å². The van der Waals surface area contributed by atoms with Crippen LogP contribution in [0, 0.1) is 0 Å². The summed E-state index contributed by atoms with van der Waals surface area (Å²) in [5, 5.41) is 2.77. The topological polar surface area (TPSA) is 57.4 Å². The van der Waals surface area contributed by atoms with Gasteiger partial charge in [0.25, 0.3) is 6.43 Å². The highest BCUT2D eigenvalue weighted by Gasteiger charge is 2.34. The molecule has 18 heavy (non-hydrogen) atoms. The van der Waals surface area contributed by atoms with Crippen molar-refractivity contribution in [1.29, 1.82) is 0 Å². The van der Waals surface area contributed by atoms with Crippen LogP contribution in [0.2, 0.25) is 0 Å². The van der Waals surface area contributed by atoms with E-state index in [9.17, 15) is 8.78 Å². The summed E-state index contributed by atoms with van der Waals surface area (Å²) in [6.45, 7) is 0.872. The average Bonchev–Trinajstić information content (AvgIpc) is 2.94. The molecule has 0 saturated carbocycles. The van der Waals surface area contributed by atoms with Gasteiger partial charge >= 0.3 is 0 Å². The lowest BCUT2D eigenvalue weighted by molar-refractivity contribution is 0.0187. The molecule has 1 fully saturated rings. The van der Waals surface area contributed by atoms with Crippen LogP contribution in [-0.4, -0.2) is 37.8 Å². The van der Waals surface area contributed by atoms with Gasteiger partial charge < -0.3 is 15.2 Å². The Morgan fingerprint density at radius 3 is 3.11 bits per heavy atom. The van der Waals surface area contributed by atoms with Crippen LogP contribution in [0.25, 0.3) is 0 Å². The van der Waals surface area contributed by atoms with Gasteiger partial charge in [-0.05, 0) is 6.42 Å². The van der Waals surface area contributed by atoms with Crippen molar-refractivity contribution in [3.63, 3.8) is 0 Å². The Kier molecular flexibility index (Phi) is 4.60. The molecule has 1 aromatic rings. The molecule has 2 rings (SSSR count). The van der Waals surface area contributed by atoms with E-state index in [1.165, 1.54) is 11.3 Å². The Bertz CT molecular complexity index is 381. The van der Waals surface area contributed by atoms with Gasteiger partial charge in [0.2, 0.25) is 0 Å². The molecule has 2 heterocycles. The lowest BCUT2D eigenvalue weighted by Crippen LogP contribution is -2.37. The van der Waals surface area contributed by atoms with Crippen molar-refractivity contribution >= 4 is 11.3 Å².